The van der Waals surface area contributed by atoms with Gasteiger partial charge in [-0.1, -0.05) is 0 Å². The highest BCUT2D eigenvalue weighted by molar-refractivity contribution is 5.60. The van der Waals surface area contributed by atoms with Crippen LogP contribution in [-0.4, -0.2) is 25.6 Å². The fourth-order valence-corrected chi connectivity index (χ4v) is 1.59. The molecule has 2 aromatic heterocycles. The smallest absolute Gasteiger partial charge is 0.242 e. The summed E-state index contributed by atoms with van der Waals surface area (Å²) in [6, 6.07) is 0. The largest absolute Gasteiger partial charge is 0.473 e. The van der Waals surface area contributed by atoms with Crippen LogP contribution >= 0.6 is 0 Å². The van der Waals surface area contributed by atoms with Gasteiger partial charge in [0.25, 0.3) is 0 Å². The molecule has 0 amide bonds. The van der Waals surface area contributed by atoms with E-state index in [4.69, 9.17) is 10.5 Å². The minimum atomic E-state index is 0.0145. The monoisotopic (exact) mass is 247 g/mol. The third-order valence-electron chi connectivity index (χ3n) is 2.65. The van der Waals surface area contributed by atoms with Gasteiger partial charge in [0.05, 0.1) is 11.8 Å². The van der Waals surface area contributed by atoms with Crippen LogP contribution in [0.5, 0.6) is 5.88 Å². The fourth-order valence-electron chi connectivity index (χ4n) is 1.59. The first-order valence-electron chi connectivity index (χ1n) is 5.78. The van der Waals surface area contributed by atoms with Gasteiger partial charge in [-0.15, -0.1) is 0 Å². The first-order valence-corrected chi connectivity index (χ1v) is 5.78. The Morgan fingerprint density at radius 2 is 1.94 bits per heavy atom. The summed E-state index contributed by atoms with van der Waals surface area (Å²) in [6.45, 7) is 7.75. The van der Waals surface area contributed by atoms with Crippen molar-refractivity contribution in [1.82, 2.24) is 19.5 Å². The number of ether oxygens (including phenoxy) is 1. The average Bonchev–Trinajstić information content (AvgIpc) is 2.63. The van der Waals surface area contributed by atoms with E-state index in [-0.39, 0.29) is 6.10 Å². The van der Waals surface area contributed by atoms with Gasteiger partial charge in [-0.25, -0.2) is 9.97 Å². The molecule has 0 aliphatic heterocycles. The van der Waals surface area contributed by atoms with Crippen molar-refractivity contribution in [3.05, 3.63) is 24.0 Å². The van der Waals surface area contributed by atoms with Crippen molar-refractivity contribution < 1.29 is 4.74 Å². The molecule has 0 bridgehead atoms. The first-order chi connectivity index (χ1) is 8.50. The number of hydrogen-bond acceptors (Lipinski definition) is 5. The Hall–Kier alpha value is -2.11. The Balaban J connectivity index is 2.49. The average molecular weight is 247 g/mol. The van der Waals surface area contributed by atoms with E-state index in [1.54, 1.807) is 6.33 Å². The zero-order valence-electron chi connectivity index (χ0n) is 11.0. The molecule has 0 saturated carbocycles. The normalized spacial score (nSPS) is 10.9. The standard InChI is InChI=1S/C12H17N5O/c1-7(2)18-12-10(13)11(14-5-15-12)17-6-16-8(3)9(17)4/h5-7H,13H2,1-4H3. The predicted octanol–water partition coefficient (Wildman–Crippen LogP) is 1.65. The molecule has 18 heavy (non-hydrogen) atoms. The number of anilines is 1. The van der Waals surface area contributed by atoms with Gasteiger partial charge in [0.15, 0.2) is 5.82 Å². The van der Waals surface area contributed by atoms with Gasteiger partial charge >= 0.3 is 0 Å². The number of imidazole rings is 1. The third-order valence-corrected chi connectivity index (χ3v) is 2.65. The van der Waals surface area contributed by atoms with E-state index in [1.807, 2.05) is 32.3 Å². The van der Waals surface area contributed by atoms with Crippen molar-refractivity contribution in [3.63, 3.8) is 0 Å². The molecule has 0 atom stereocenters. The summed E-state index contributed by atoms with van der Waals surface area (Å²) in [5.41, 5.74) is 8.41. The molecule has 6 heteroatoms. The molecule has 6 nitrogen and oxygen atoms in total. The van der Waals surface area contributed by atoms with E-state index < -0.39 is 0 Å². The Bertz CT molecular complexity index is 562. The molecular weight excluding hydrogens is 230 g/mol. The number of nitrogens with zero attached hydrogens (tertiary/aromatic N) is 4. The zero-order valence-corrected chi connectivity index (χ0v) is 11.0. The second-order valence-electron chi connectivity index (χ2n) is 4.37. The molecule has 2 N–H and O–H groups in total. The second kappa shape index (κ2) is 4.64. The Morgan fingerprint density at radius 3 is 2.50 bits per heavy atom. The lowest BCUT2D eigenvalue weighted by atomic mass is 10.3. The molecule has 0 fully saturated rings. The maximum atomic E-state index is 6.04. The number of nitrogens with two attached hydrogens (primary N) is 1. The van der Waals surface area contributed by atoms with Crippen LogP contribution in [0.3, 0.4) is 0 Å². The van der Waals surface area contributed by atoms with E-state index >= 15 is 0 Å². The van der Waals surface area contributed by atoms with Crippen molar-refractivity contribution >= 4 is 5.69 Å². The summed E-state index contributed by atoms with van der Waals surface area (Å²) in [7, 11) is 0. The van der Waals surface area contributed by atoms with Crippen LogP contribution in [0.25, 0.3) is 5.82 Å². The minimum Gasteiger partial charge on any atom is -0.473 e. The predicted molar refractivity (Wildman–Crippen MR) is 68.8 cm³/mol. The lowest BCUT2D eigenvalue weighted by molar-refractivity contribution is 0.233. The van der Waals surface area contributed by atoms with Gasteiger partial charge < -0.3 is 10.5 Å². The van der Waals surface area contributed by atoms with Crippen LogP contribution in [0, 0.1) is 13.8 Å². The number of nitrogen functional groups attached to an aromatic ring is 1. The number of aromatic nitrogens is 4. The van der Waals surface area contributed by atoms with Gasteiger partial charge in [0.2, 0.25) is 5.88 Å². The summed E-state index contributed by atoms with van der Waals surface area (Å²) in [5, 5.41) is 0. The molecule has 0 spiro atoms. The SMILES string of the molecule is Cc1ncn(-c2ncnc(OC(C)C)c2N)c1C. The van der Waals surface area contributed by atoms with E-state index in [1.165, 1.54) is 6.33 Å². The van der Waals surface area contributed by atoms with Crippen molar-refractivity contribution in [2.24, 2.45) is 0 Å². The number of aryl methyl sites for hydroxylation is 1. The van der Waals surface area contributed by atoms with Gasteiger partial charge in [-0.2, -0.15) is 4.98 Å². The maximum Gasteiger partial charge on any atom is 0.242 e. The van der Waals surface area contributed by atoms with Crippen LogP contribution in [0.2, 0.25) is 0 Å². The first kappa shape index (κ1) is 12.3. The molecule has 0 aromatic carbocycles. The van der Waals surface area contributed by atoms with Crippen LogP contribution in [0.4, 0.5) is 5.69 Å². The quantitative estimate of drug-likeness (QED) is 0.892. The topological polar surface area (TPSA) is 78.8 Å². The minimum absolute atomic E-state index is 0.0145. The second-order valence-corrected chi connectivity index (χ2v) is 4.37. The van der Waals surface area contributed by atoms with Gasteiger partial charge in [-0.3, -0.25) is 4.57 Å². The van der Waals surface area contributed by atoms with E-state index in [9.17, 15) is 0 Å². The van der Waals surface area contributed by atoms with Crippen LogP contribution in [0.15, 0.2) is 12.7 Å². The molecule has 2 aromatic rings. The molecule has 0 aliphatic rings. The number of hydrogen-bond donors (Lipinski definition) is 1. The number of rotatable bonds is 3. The third kappa shape index (κ3) is 2.13. The van der Waals surface area contributed by atoms with E-state index in [2.05, 4.69) is 15.0 Å². The molecule has 0 unspecified atom stereocenters. The highest BCUT2D eigenvalue weighted by Crippen LogP contribution is 2.25. The van der Waals surface area contributed by atoms with Crippen molar-refractivity contribution in [2.75, 3.05) is 5.73 Å². The van der Waals surface area contributed by atoms with Crippen molar-refractivity contribution in [3.8, 4) is 11.7 Å². The lowest BCUT2D eigenvalue weighted by Crippen LogP contribution is -2.12. The molecular formula is C12H17N5O. The van der Waals surface area contributed by atoms with Gasteiger partial charge in [0.1, 0.15) is 18.3 Å². The fraction of sp³-hybridized carbons (Fsp3) is 0.417. The molecule has 2 rings (SSSR count). The summed E-state index contributed by atoms with van der Waals surface area (Å²) in [4.78, 5) is 12.5. The van der Waals surface area contributed by atoms with Crippen LogP contribution in [0.1, 0.15) is 25.2 Å². The highest BCUT2D eigenvalue weighted by Gasteiger charge is 2.14. The highest BCUT2D eigenvalue weighted by atomic mass is 16.5. The van der Waals surface area contributed by atoms with E-state index in [0.29, 0.717) is 17.4 Å². The van der Waals surface area contributed by atoms with Crippen molar-refractivity contribution in [2.45, 2.75) is 33.8 Å². The van der Waals surface area contributed by atoms with Crippen LogP contribution < -0.4 is 10.5 Å². The Labute approximate surface area is 106 Å². The van der Waals surface area contributed by atoms with Gasteiger partial charge in [0, 0.05) is 5.69 Å². The zero-order chi connectivity index (χ0) is 13.3. The Kier molecular flexibility index (Phi) is 3.18. The summed E-state index contributed by atoms with van der Waals surface area (Å²) in [6.07, 6.45) is 3.15. The molecule has 96 valence electrons. The Morgan fingerprint density at radius 1 is 1.22 bits per heavy atom. The maximum absolute atomic E-state index is 6.04. The summed E-state index contributed by atoms with van der Waals surface area (Å²) < 4.78 is 7.38. The van der Waals surface area contributed by atoms with Crippen molar-refractivity contribution in [1.29, 1.82) is 0 Å². The molecule has 2 heterocycles. The molecule has 0 saturated heterocycles. The lowest BCUT2D eigenvalue weighted by Gasteiger charge is -2.13. The summed E-state index contributed by atoms with van der Waals surface area (Å²) >= 11 is 0. The summed E-state index contributed by atoms with van der Waals surface area (Å²) in [5.74, 6) is 1.000. The molecule has 0 radical (unpaired) electrons. The van der Waals surface area contributed by atoms with E-state index in [0.717, 1.165) is 11.4 Å². The van der Waals surface area contributed by atoms with Crippen LogP contribution in [-0.2, 0) is 0 Å². The van der Waals surface area contributed by atoms with Gasteiger partial charge in [-0.05, 0) is 27.7 Å². The molecule has 0 aliphatic carbocycles.